The van der Waals surface area contributed by atoms with Crippen LogP contribution in [0.15, 0.2) is 49.2 Å². The number of halogens is 2. The standard InChI is InChI=1S/C22H22Br2N4O4/c1-5-13(4)32-20-17(24)8-14(9-19(20)28(30)31)11-25-27-21(12(2)3)26-18-7-6-15(23)10-16(18)22(27)29/h6-13H,5H2,1-4H3/t13-/m1/s1. The van der Waals surface area contributed by atoms with Crippen LogP contribution in [0, 0.1) is 10.1 Å². The summed E-state index contributed by atoms with van der Waals surface area (Å²) < 4.78 is 8.16. The van der Waals surface area contributed by atoms with Crippen LogP contribution in [0.1, 0.15) is 51.4 Å². The van der Waals surface area contributed by atoms with Crippen LogP contribution >= 0.6 is 31.9 Å². The number of fused-ring (bicyclic) bond motifs is 1. The van der Waals surface area contributed by atoms with Crippen LogP contribution in [-0.4, -0.2) is 26.9 Å². The van der Waals surface area contributed by atoms with Crippen molar-refractivity contribution in [2.45, 2.75) is 46.1 Å². The molecule has 168 valence electrons. The highest BCUT2D eigenvalue weighted by atomic mass is 79.9. The molecule has 32 heavy (non-hydrogen) atoms. The number of hydrogen-bond acceptors (Lipinski definition) is 6. The minimum absolute atomic E-state index is 0.0692. The van der Waals surface area contributed by atoms with Gasteiger partial charge < -0.3 is 4.74 Å². The lowest BCUT2D eigenvalue weighted by atomic mass is 10.2. The fourth-order valence-electron chi connectivity index (χ4n) is 2.99. The quantitative estimate of drug-likeness (QED) is 0.198. The van der Waals surface area contributed by atoms with E-state index in [0.717, 1.165) is 4.47 Å². The Kier molecular flexibility index (Phi) is 7.45. The molecule has 0 N–H and O–H groups in total. The molecule has 1 atom stereocenters. The number of aromatic nitrogens is 2. The molecule has 0 radical (unpaired) electrons. The van der Waals surface area contributed by atoms with Gasteiger partial charge in [0.25, 0.3) is 5.56 Å². The number of hydrogen-bond donors (Lipinski definition) is 0. The Bertz CT molecular complexity index is 1270. The lowest BCUT2D eigenvalue weighted by Gasteiger charge is -2.14. The van der Waals surface area contributed by atoms with Gasteiger partial charge in [-0.1, -0.05) is 36.7 Å². The summed E-state index contributed by atoms with van der Waals surface area (Å²) in [5, 5.41) is 16.4. The maximum absolute atomic E-state index is 13.1. The highest BCUT2D eigenvalue weighted by Crippen LogP contribution is 2.37. The van der Waals surface area contributed by atoms with Crippen molar-refractivity contribution in [3.05, 3.63) is 71.1 Å². The van der Waals surface area contributed by atoms with E-state index in [1.807, 2.05) is 33.8 Å². The molecule has 0 saturated carbocycles. The summed E-state index contributed by atoms with van der Waals surface area (Å²) in [5.41, 5.74) is 0.522. The second-order valence-electron chi connectivity index (χ2n) is 7.59. The van der Waals surface area contributed by atoms with E-state index in [2.05, 4.69) is 41.9 Å². The van der Waals surface area contributed by atoms with Crippen molar-refractivity contribution in [2.24, 2.45) is 5.10 Å². The van der Waals surface area contributed by atoms with Gasteiger partial charge in [-0.3, -0.25) is 14.9 Å². The molecule has 2 aromatic carbocycles. The van der Waals surface area contributed by atoms with Gasteiger partial charge in [0.05, 0.1) is 32.6 Å². The van der Waals surface area contributed by atoms with Crippen molar-refractivity contribution in [1.82, 2.24) is 9.66 Å². The molecular weight excluding hydrogens is 544 g/mol. The fraction of sp³-hybridized carbons (Fsp3) is 0.318. The maximum atomic E-state index is 13.1. The van der Waals surface area contributed by atoms with Crippen molar-refractivity contribution in [3.63, 3.8) is 0 Å². The molecule has 0 aliphatic heterocycles. The molecule has 3 aromatic rings. The van der Waals surface area contributed by atoms with Gasteiger partial charge in [-0.2, -0.15) is 9.78 Å². The summed E-state index contributed by atoms with van der Waals surface area (Å²) in [6.07, 6.45) is 1.93. The molecule has 0 aliphatic rings. The van der Waals surface area contributed by atoms with Crippen molar-refractivity contribution in [1.29, 1.82) is 0 Å². The second-order valence-corrected chi connectivity index (χ2v) is 9.36. The third-order valence-electron chi connectivity index (χ3n) is 4.81. The van der Waals surface area contributed by atoms with E-state index in [-0.39, 0.29) is 29.0 Å². The highest BCUT2D eigenvalue weighted by molar-refractivity contribution is 9.10. The van der Waals surface area contributed by atoms with Crippen LogP contribution in [0.5, 0.6) is 5.75 Å². The molecule has 0 fully saturated rings. The van der Waals surface area contributed by atoms with E-state index < -0.39 is 4.92 Å². The van der Waals surface area contributed by atoms with Crippen LogP contribution in [0.25, 0.3) is 10.9 Å². The monoisotopic (exact) mass is 564 g/mol. The minimum atomic E-state index is -0.499. The van der Waals surface area contributed by atoms with Crippen molar-refractivity contribution in [3.8, 4) is 5.75 Å². The van der Waals surface area contributed by atoms with Gasteiger partial charge in [-0.25, -0.2) is 4.98 Å². The van der Waals surface area contributed by atoms with Gasteiger partial charge in [0.2, 0.25) is 5.75 Å². The molecule has 0 aliphatic carbocycles. The summed E-state index contributed by atoms with van der Waals surface area (Å²) in [5.74, 6) is 0.588. The van der Waals surface area contributed by atoms with E-state index >= 15 is 0 Å². The lowest BCUT2D eigenvalue weighted by Crippen LogP contribution is -2.23. The van der Waals surface area contributed by atoms with E-state index in [1.54, 1.807) is 18.2 Å². The first kappa shape index (κ1) is 24.1. The van der Waals surface area contributed by atoms with E-state index in [0.29, 0.717) is 33.2 Å². The maximum Gasteiger partial charge on any atom is 0.312 e. The van der Waals surface area contributed by atoms with Crippen LogP contribution < -0.4 is 10.3 Å². The molecule has 0 bridgehead atoms. The topological polar surface area (TPSA) is 99.6 Å². The molecule has 1 heterocycles. The fourth-order valence-corrected chi connectivity index (χ4v) is 3.91. The summed E-state index contributed by atoms with van der Waals surface area (Å²) in [6, 6.07) is 8.34. The zero-order chi connectivity index (χ0) is 23.6. The Morgan fingerprint density at radius 1 is 1.25 bits per heavy atom. The van der Waals surface area contributed by atoms with Crippen LogP contribution in [0.2, 0.25) is 0 Å². The Balaban J connectivity index is 2.13. The van der Waals surface area contributed by atoms with Gasteiger partial charge in [0.1, 0.15) is 5.82 Å². The zero-order valence-electron chi connectivity index (χ0n) is 18.0. The zero-order valence-corrected chi connectivity index (χ0v) is 21.2. The summed E-state index contributed by atoms with van der Waals surface area (Å²) in [7, 11) is 0. The van der Waals surface area contributed by atoms with Crippen molar-refractivity contribution in [2.75, 3.05) is 0 Å². The Hall–Kier alpha value is -2.59. The number of benzene rings is 2. The summed E-state index contributed by atoms with van der Waals surface area (Å²) in [4.78, 5) is 28.9. The molecule has 10 heteroatoms. The first-order valence-corrected chi connectivity index (χ1v) is 11.6. The van der Waals surface area contributed by atoms with Crippen LogP contribution in [0.3, 0.4) is 0 Å². The largest absolute Gasteiger partial charge is 0.483 e. The molecule has 1 aromatic heterocycles. The number of ether oxygens (including phenoxy) is 1. The molecule has 3 rings (SSSR count). The predicted molar refractivity (Wildman–Crippen MR) is 132 cm³/mol. The Labute approximate surface area is 201 Å². The van der Waals surface area contributed by atoms with E-state index in [1.165, 1.54) is 17.0 Å². The number of nitro benzene ring substituents is 1. The molecule has 0 unspecified atom stereocenters. The van der Waals surface area contributed by atoms with Crippen molar-refractivity contribution < 1.29 is 9.66 Å². The van der Waals surface area contributed by atoms with Crippen molar-refractivity contribution >= 4 is 54.7 Å². The molecule has 8 nitrogen and oxygen atoms in total. The number of nitro groups is 1. The first-order chi connectivity index (χ1) is 15.1. The van der Waals surface area contributed by atoms with Gasteiger partial charge in [-0.15, -0.1) is 0 Å². The average Bonchev–Trinajstić information content (AvgIpc) is 2.74. The highest BCUT2D eigenvalue weighted by Gasteiger charge is 2.22. The number of rotatable bonds is 7. The lowest BCUT2D eigenvalue weighted by molar-refractivity contribution is -0.386. The van der Waals surface area contributed by atoms with E-state index in [9.17, 15) is 14.9 Å². The molecule has 0 spiro atoms. The third-order valence-corrected chi connectivity index (χ3v) is 5.89. The van der Waals surface area contributed by atoms with E-state index in [4.69, 9.17) is 4.74 Å². The van der Waals surface area contributed by atoms with Crippen LogP contribution in [-0.2, 0) is 0 Å². The Morgan fingerprint density at radius 3 is 2.59 bits per heavy atom. The van der Waals surface area contributed by atoms with Gasteiger partial charge in [0, 0.05) is 22.0 Å². The second kappa shape index (κ2) is 9.91. The Morgan fingerprint density at radius 2 is 1.97 bits per heavy atom. The minimum Gasteiger partial charge on any atom is -0.483 e. The summed E-state index contributed by atoms with van der Waals surface area (Å²) in [6.45, 7) is 7.62. The SMILES string of the molecule is CC[C@@H](C)Oc1c(Br)cc(C=Nn2c(C(C)C)nc3ccc(Br)cc3c2=O)cc1[N+](=O)[O-]. The summed E-state index contributed by atoms with van der Waals surface area (Å²) >= 11 is 6.74. The first-order valence-electron chi connectivity index (χ1n) is 10.0. The third kappa shape index (κ3) is 5.07. The predicted octanol–water partition coefficient (Wildman–Crippen LogP) is 6.01. The molecular formula is C22H22Br2N4O4. The van der Waals surface area contributed by atoms with Gasteiger partial charge in [0.15, 0.2) is 0 Å². The van der Waals surface area contributed by atoms with Gasteiger partial charge in [-0.05, 0) is 53.5 Å². The molecule has 0 amide bonds. The van der Waals surface area contributed by atoms with Gasteiger partial charge >= 0.3 is 5.69 Å². The number of nitrogens with zero attached hydrogens (tertiary/aromatic N) is 4. The smallest absolute Gasteiger partial charge is 0.312 e. The average molecular weight is 566 g/mol. The normalized spacial score (nSPS) is 12.6. The van der Waals surface area contributed by atoms with Crippen LogP contribution in [0.4, 0.5) is 5.69 Å². The molecule has 0 saturated heterocycles.